The molecule has 6 nitrogen and oxygen atoms in total. The van der Waals surface area contributed by atoms with Crippen LogP contribution >= 0.6 is 0 Å². The average Bonchev–Trinajstić information content (AvgIpc) is 2.94. The lowest BCUT2D eigenvalue weighted by molar-refractivity contribution is -0.137. The van der Waals surface area contributed by atoms with Crippen molar-refractivity contribution in [2.45, 2.75) is 26.4 Å². The number of aryl methyl sites for hydroxylation is 1. The van der Waals surface area contributed by atoms with Crippen molar-refractivity contribution in [3.8, 4) is 11.1 Å². The van der Waals surface area contributed by atoms with Crippen molar-refractivity contribution in [1.82, 2.24) is 10.2 Å². The molecule has 0 saturated heterocycles. The highest BCUT2D eigenvalue weighted by atomic mass is 16.4. The van der Waals surface area contributed by atoms with Crippen molar-refractivity contribution >= 4 is 17.8 Å². The highest BCUT2D eigenvalue weighted by Gasteiger charge is 2.22. The topological polar surface area (TPSA) is 86.7 Å². The first kappa shape index (κ1) is 26.4. The molecule has 2 N–H and O–H groups in total. The van der Waals surface area contributed by atoms with E-state index in [9.17, 15) is 19.5 Å². The molecular formula is C32H30N2O4. The minimum atomic E-state index is -0.972. The van der Waals surface area contributed by atoms with Crippen molar-refractivity contribution in [2.75, 3.05) is 6.54 Å². The minimum Gasteiger partial charge on any atom is -0.481 e. The van der Waals surface area contributed by atoms with Crippen LogP contribution in [0.5, 0.6) is 0 Å². The van der Waals surface area contributed by atoms with E-state index in [4.69, 9.17) is 0 Å². The molecule has 192 valence electrons. The van der Waals surface area contributed by atoms with Gasteiger partial charge in [0, 0.05) is 30.8 Å². The molecule has 0 saturated carbocycles. The summed E-state index contributed by atoms with van der Waals surface area (Å²) in [6, 6.07) is 31.8. The molecule has 4 rings (SSSR count). The van der Waals surface area contributed by atoms with Gasteiger partial charge in [-0.25, -0.2) is 0 Å². The Labute approximate surface area is 222 Å². The largest absolute Gasteiger partial charge is 0.481 e. The van der Waals surface area contributed by atoms with Crippen molar-refractivity contribution in [1.29, 1.82) is 0 Å². The Morgan fingerprint density at radius 1 is 0.737 bits per heavy atom. The second kappa shape index (κ2) is 12.5. The Morgan fingerprint density at radius 3 is 2.03 bits per heavy atom. The molecule has 0 atom stereocenters. The fourth-order valence-corrected chi connectivity index (χ4v) is 4.38. The average molecular weight is 507 g/mol. The number of nitrogens with one attached hydrogen (secondary N) is 1. The maximum Gasteiger partial charge on any atom is 0.305 e. The number of carboxylic acid groups (broad SMARTS) is 1. The van der Waals surface area contributed by atoms with Crippen molar-refractivity contribution in [3.05, 3.63) is 131 Å². The van der Waals surface area contributed by atoms with Gasteiger partial charge in [0.05, 0.1) is 6.42 Å². The molecule has 0 radical (unpaired) electrons. The fourth-order valence-electron chi connectivity index (χ4n) is 4.38. The number of hydrogen-bond donors (Lipinski definition) is 2. The molecule has 0 spiro atoms. The van der Waals surface area contributed by atoms with Crippen LogP contribution in [0.15, 0.2) is 103 Å². The van der Waals surface area contributed by atoms with E-state index in [0.29, 0.717) is 28.8 Å². The van der Waals surface area contributed by atoms with Crippen LogP contribution in [0.3, 0.4) is 0 Å². The standard InChI is InChI=1S/C32H30N2O4/c1-23-10-9-13-25(20-23)21-33-31(37)28-16-7-5-14-26(28)27-15-6-8-17-29(27)32(38)34(19-18-30(35)36)22-24-11-3-2-4-12-24/h2-17,20H,18-19,21-22H2,1H3,(H,33,37)(H,35,36). The molecule has 0 bridgehead atoms. The number of nitrogens with zero attached hydrogens (tertiary/aromatic N) is 1. The summed E-state index contributed by atoms with van der Waals surface area (Å²) in [5.41, 5.74) is 5.14. The fraction of sp³-hybridized carbons (Fsp3) is 0.156. The third-order valence-corrected chi connectivity index (χ3v) is 6.25. The van der Waals surface area contributed by atoms with Gasteiger partial charge < -0.3 is 15.3 Å². The van der Waals surface area contributed by atoms with E-state index < -0.39 is 5.97 Å². The lowest BCUT2D eigenvalue weighted by atomic mass is 9.94. The van der Waals surface area contributed by atoms with E-state index in [0.717, 1.165) is 16.7 Å². The predicted molar refractivity (Wildman–Crippen MR) is 148 cm³/mol. The number of carboxylic acids is 1. The zero-order valence-electron chi connectivity index (χ0n) is 21.3. The Balaban J connectivity index is 1.64. The zero-order valence-corrected chi connectivity index (χ0v) is 21.3. The van der Waals surface area contributed by atoms with Crippen LogP contribution in [-0.2, 0) is 17.9 Å². The first-order valence-electron chi connectivity index (χ1n) is 12.5. The summed E-state index contributed by atoms with van der Waals surface area (Å²) in [5, 5.41) is 12.3. The third kappa shape index (κ3) is 6.73. The molecule has 2 amide bonds. The van der Waals surface area contributed by atoms with Gasteiger partial charge in [-0.3, -0.25) is 14.4 Å². The molecule has 4 aromatic rings. The van der Waals surface area contributed by atoms with Crippen LogP contribution in [0, 0.1) is 6.92 Å². The Kier molecular flexibility index (Phi) is 8.67. The lowest BCUT2D eigenvalue weighted by Crippen LogP contribution is -2.33. The monoisotopic (exact) mass is 506 g/mol. The van der Waals surface area contributed by atoms with Gasteiger partial charge >= 0.3 is 5.97 Å². The van der Waals surface area contributed by atoms with E-state index in [1.165, 1.54) is 0 Å². The normalized spacial score (nSPS) is 10.6. The maximum atomic E-state index is 13.8. The number of carbonyl (C=O) groups is 3. The predicted octanol–water partition coefficient (Wildman–Crippen LogP) is 5.71. The SMILES string of the molecule is Cc1cccc(CNC(=O)c2ccccc2-c2ccccc2C(=O)N(CCC(=O)O)Cc2ccccc2)c1. The molecule has 4 aromatic carbocycles. The Morgan fingerprint density at radius 2 is 1.34 bits per heavy atom. The number of benzene rings is 4. The number of amides is 2. The summed E-state index contributed by atoms with van der Waals surface area (Å²) < 4.78 is 0. The highest BCUT2D eigenvalue weighted by molar-refractivity contribution is 6.06. The molecule has 0 aliphatic heterocycles. The summed E-state index contributed by atoms with van der Waals surface area (Å²) in [6.45, 7) is 2.73. The zero-order chi connectivity index (χ0) is 26.9. The van der Waals surface area contributed by atoms with Gasteiger partial charge in [-0.1, -0.05) is 96.6 Å². The minimum absolute atomic E-state index is 0.0655. The first-order chi connectivity index (χ1) is 18.4. The van der Waals surface area contributed by atoms with Crippen molar-refractivity contribution in [3.63, 3.8) is 0 Å². The summed E-state index contributed by atoms with van der Waals surface area (Å²) in [4.78, 5) is 39.9. The number of carbonyl (C=O) groups excluding carboxylic acids is 2. The van der Waals surface area contributed by atoms with Crippen LogP contribution in [0.2, 0.25) is 0 Å². The summed E-state index contributed by atoms with van der Waals surface area (Å²) in [5.74, 6) is -1.50. The number of hydrogen-bond acceptors (Lipinski definition) is 3. The quantitative estimate of drug-likeness (QED) is 0.289. The van der Waals surface area contributed by atoms with Crippen LogP contribution in [0.4, 0.5) is 0 Å². The molecule has 38 heavy (non-hydrogen) atoms. The molecule has 0 unspecified atom stereocenters. The molecule has 0 aromatic heterocycles. The summed E-state index contributed by atoms with van der Waals surface area (Å²) >= 11 is 0. The molecular weight excluding hydrogens is 476 g/mol. The van der Waals surface area contributed by atoms with Crippen molar-refractivity contribution < 1.29 is 19.5 Å². The summed E-state index contributed by atoms with van der Waals surface area (Å²) in [6.07, 6.45) is -0.168. The summed E-state index contributed by atoms with van der Waals surface area (Å²) in [7, 11) is 0. The Bertz CT molecular complexity index is 1430. The van der Waals surface area contributed by atoms with Gasteiger partial charge in [0.1, 0.15) is 0 Å². The number of rotatable bonds is 10. The van der Waals surface area contributed by atoms with Gasteiger partial charge in [-0.05, 0) is 41.3 Å². The highest BCUT2D eigenvalue weighted by Crippen LogP contribution is 2.29. The molecule has 0 fully saturated rings. The smallest absolute Gasteiger partial charge is 0.305 e. The molecule has 6 heteroatoms. The van der Waals surface area contributed by atoms with E-state index >= 15 is 0 Å². The van der Waals surface area contributed by atoms with E-state index in [1.807, 2.05) is 85.8 Å². The van der Waals surface area contributed by atoms with Crippen LogP contribution in [0.1, 0.15) is 43.8 Å². The van der Waals surface area contributed by atoms with E-state index in [-0.39, 0.29) is 31.3 Å². The lowest BCUT2D eigenvalue weighted by Gasteiger charge is -2.24. The van der Waals surface area contributed by atoms with E-state index in [2.05, 4.69) is 5.32 Å². The van der Waals surface area contributed by atoms with Gasteiger partial charge in [0.15, 0.2) is 0 Å². The van der Waals surface area contributed by atoms with E-state index in [1.54, 1.807) is 29.2 Å². The van der Waals surface area contributed by atoms with Crippen LogP contribution in [0.25, 0.3) is 11.1 Å². The second-order valence-corrected chi connectivity index (χ2v) is 9.12. The van der Waals surface area contributed by atoms with Crippen LogP contribution < -0.4 is 5.32 Å². The Hall–Kier alpha value is -4.71. The van der Waals surface area contributed by atoms with Crippen molar-refractivity contribution in [2.24, 2.45) is 0 Å². The van der Waals surface area contributed by atoms with Gasteiger partial charge in [-0.2, -0.15) is 0 Å². The first-order valence-corrected chi connectivity index (χ1v) is 12.5. The molecule has 0 aliphatic carbocycles. The van der Waals surface area contributed by atoms with Gasteiger partial charge in [-0.15, -0.1) is 0 Å². The third-order valence-electron chi connectivity index (χ3n) is 6.25. The van der Waals surface area contributed by atoms with Crippen LogP contribution in [-0.4, -0.2) is 34.3 Å². The molecule has 0 heterocycles. The number of aliphatic carboxylic acids is 1. The molecule has 0 aliphatic rings. The second-order valence-electron chi connectivity index (χ2n) is 9.12. The van der Waals surface area contributed by atoms with Gasteiger partial charge in [0.2, 0.25) is 0 Å². The van der Waals surface area contributed by atoms with Gasteiger partial charge in [0.25, 0.3) is 11.8 Å². The maximum absolute atomic E-state index is 13.8.